The molecule has 3 aliphatic heterocycles. The van der Waals surface area contributed by atoms with E-state index >= 15 is 4.39 Å². The van der Waals surface area contributed by atoms with Crippen molar-refractivity contribution in [1.82, 2.24) is 9.80 Å². The molecule has 56 heavy (non-hydrogen) atoms. The molecule has 10 nitrogen and oxygen atoms in total. The van der Waals surface area contributed by atoms with Crippen molar-refractivity contribution >= 4 is 33.1 Å². The fraction of sp³-hybridized carbons (Fsp3) is 0.500. The summed E-state index contributed by atoms with van der Waals surface area (Å²) in [5.74, 6) is 0.0320. The zero-order valence-electron chi connectivity index (χ0n) is 32.6. The van der Waals surface area contributed by atoms with E-state index in [1.807, 2.05) is 18.2 Å². The molecule has 0 radical (unpaired) electrons. The zero-order valence-corrected chi connectivity index (χ0v) is 33.4. The number of nitrogens with one attached hydrogen (secondary N) is 1. The molecule has 3 saturated heterocycles. The number of hydrogen-bond acceptors (Lipinski definition) is 9. The molecule has 1 aliphatic carbocycles. The highest BCUT2D eigenvalue weighted by Crippen LogP contribution is 2.54. The lowest BCUT2D eigenvalue weighted by atomic mass is 9.56. The van der Waals surface area contributed by atoms with Crippen LogP contribution < -0.4 is 10.2 Å². The lowest BCUT2D eigenvalue weighted by Gasteiger charge is -2.55. The molecule has 3 heterocycles. The molecule has 0 bridgehead atoms. The van der Waals surface area contributed by atoms with E-state index in [-0.39, 0.29) is 44.4 Å². The normalized spacial score (nSPS) is 22.7. The summed E-state index contributed by atoms with van der Waals surface area (Å²) in [6.07, 6.45) is 7.78. The lowest BCUT2D eigenvalue weighted by molar-refractivity contribution is -0.142. The first-order chi connectivity index (χ1) is 27.0. The van der Waals surface area contributed by atoms with Crippen molar-refractivity contribution < 1.29 is 31.9 Å². The van der Waals surface area contributed by atoms with Crippen LogP contribution in [0.5, 0.6) is 0 Å². The summed E-state index contributed by atoms with van der Waals surface area (Å²) in [6, 6.07) is 20.4. The first-order valence-corrected chi connectivity index (χ1v) is 21.4. The van der Waals surface area contributed by atoms with Gasteiger partial charge in [0.15, 0.2) is 0 Å². The van der Waals surface area contributed by atoms with Gasteiger partial charge in [0.1, 0.15) is 11.4 Å². The second-order valence-electron chi connectivity index (χ2n) is 16.3. The largest absolute Gasteiger partial charge is 0.469 e. The van der Waals surface area contributed by atoms with Crippen LogP contribution in [0.25, 0.3) is 0 Å². The highest BCUT2D eigenvalue weighted by atomic mass is 32.2. The van der Waals surface area contributed by atoms with E-state index in [9.17, 15) is 18.0 Å². The second kappa shape index (κ2) is 16.8. The van der Waals surface area contributed by atoms with Crippen LogP contribution in [0.4, 0.5) is 15.8 Å². The van der Waals surface area contributed by atoms with E-state index in [0.29, 0.717) is 31.1 Å². The Morgan fingerprint density at radius 3 is 2.29 bits per heavy atom. The number of benzene rings is 3. The van der Waals surface area contributed by atoms with Crippen LogP contribution >= 0.6 is 0 Å². The Morgan fingerprint density at radius 1 is 0.911 bits per heavy atom. The van der Waals surface area contributed by atoms with Crippen LogP contribution in [0.15, 0.2) is 95.2 Å². The Kier molecular flexibility index (Phi) is 12.0. The smallest absolute Gasteiger partial charge is 0.305 e. The van der Waals surface area contributed by atoms with E-state index in [1.54, 1.807) is 37.4 Å². The first-order valence-electron chi connectivity index (χ1n) is 19.9. The standard InChI is InChI=1S/C44H55FN4O6S/c1-4-41(50)46-36-12-7-13-39(27-36)56(52,53)38-17-15-37(16-18-38)49-29-43(30-49,55-3)28-48-23-19-33(20-24-48)44(31-47-21-8-22-47,34-10-6-11-35(45)26-34)40-14-5-9-32(40)25-42(51)54-2/h4,6-7,10-13,15-18,26-27,32-33,40H,1,5,8-9,14,19-25,28-31H2,2-3H3,(H,46,50)/t32-,40+,44+/m1/s1. The van der Waals surface area contributed by atoms with Crippen LogP contribution in [-0.4, -0.2) is 102 Å². The summed E-state index contributed by atoms with van der Waals surface area (Å²) in [4.78, 5) is 31.9. The summed E-state index contributed by atoms with van der Waals surface area (Å²) in [5, 5.41) is 2.61. The number of carbonyl (C=O) groups is 2. The third kappa shape index (κ3) is 8.16. The lowest BCUT2D eigenvalue weighted by Crippen LogP contribution is -2.68. The number of anilines is 2. The van der Waals surface area contributed by atoms with Crippen LogP contribution in [0.2, 0.25) is 0 Å². The maximum absolute atomic E-state index is 15.1. The molecule has 3 aromatic carbocycles. The van der Waals surface area contributed by atoms with Gasteiger partial charge in [-0.2, -0.15) is 0 Å². The Balaban J connectivity index is 1.03. The van der Waals surface area contributed by atoms with Gasteiger partial charge in [0.25, 0.3) is 0 Å². The van der Waals surface area contributed by atoms with E-state index in [1.165, 1.54) is 31.7 Å². The molecule has 1 amide bonds. The molecular formula is C44H55FN4O6S. The minimum atomic E-state index is -3.81. The van der Waals surface area contributed by atoms with Crippen molar-refractivity contribution in [2.24, 2.45) is 17.8 Å². The fourth-order valence-corrected chi connectivity index (χ4v) is 11.4. The molecule has 0 unspecified atom stereocenters. The van der Waals surface area contributed by atoms with Gasteiger partial charge in [-0.15, -0.1) is 0 Å². The molecule has 0 spiro atoms. The maximum Gasteiger partial charge on any atom is 0.305 e. The molecular weight excluding hydrogens is 732 g/mol. The van der Waals surface area contributed by atoms with Crippen molar-refractivity contribution in [3.05, 3.63) is 96.8 Å². The SMILES string of the molecule is C=CC(=O)Nc1cccc(S(=O)(=O)c2ccc(N3CC(CN4CCC([C@@](CN5CCC5)(c5cccc(F)c5)[C@H]5CCC[C@@H]5CC(=O)OC)CC4)(OC)C3)cc2)c1. The molecule has 7 rings (SSSR count). The Morgan fingerprint density at radius 2 is 1.64 bits per heavy atom. The molecule has 1 N–H and O–H groups in total. The maximum atomic E-state index is 15.1. The number of nitrogens with zero attached hydrogens (tertiary/aromatic N) is 3. The van der Waals surface area contributed by atoms with Crippen molar-refractivity contribution in [2.45, 2.75) is 65.8 Å². The monoisotopic (exact) mass is 786 g/mol. The van der Waals surface area contributed by atoms with Gasteiger partial charge in [-0.05, 0) is 142 Å². The number of piperidine rings is 1. The third-order valence-corrected chi connectivity index (χ3v) is 14.9. The van der Waals surface area contributed by atoms with Crippen molar-refractivity contribution in [3.8, 4) is 0 Å². The molecule has 1 saturated carbocycles. The molecule has 4 aliphatic rings. The number of amides is 1. The van der Waals surface area contributed by atoms with Crippen LogP contribution in [0.3, 0.4) is 0 Å². The van der Waals surface area contributed by atoms with Crippen molar-refractivity contribution in [2.75, 3.05) is 76.8 Å². The van der Waals surface area contributed by atoms with Gasteiger partial charge in [0, 0.05) is 43.4 Å². The fourth-order valence-electron chi connectivity index (χ4n) is 10.1. The summed E-state index contributed by atoms with van der Waals surface area (Å²) in [6.45, 7) is 10.4. The van der Waals surface area contributed by atoms with Crippen LogP contribution in [0.1, 0.15) is 50.5 Å². The van der Waals surface area contributed by atoms with Gasteiger partial charge in [-0.3, -0.25) is 9.59 Å². The Bertz CT molecular complexity index is 1990. The minimum absolute atomic E-state index is 0.0937. The number of hydrogen-bond donors (Lipinski definition) is 1. The summed E-state index contributed by atoms with van der Waals surface area (Å²) in [7, 11) is -0.565. The third-order valence-electron chi connectivity index (χ3n) is 13.1. The highest BCUT2D eigenvalue weighted by Gasteiger charge is 2.53. The average Bonchev–Trinajstić information content (AvgIpc) is 3.64. The van der Waals surface area contributed by atoms with Crippen molar-refractivity contribution in [3.63, 3.8) is 0 Å². The van der Waals surface area contributed by atoms with Crippen LogP contribution in [0, 0.1) is 23.6 Å². The summed E-state index contributed by atoms with van der Waals surface area (Å²) in [5.41, 5.74) is 1.76. The Hall–Kier alpha value is -4.10. The van der Waals surface area contributed by atoms with E-state index < -0.39 is 15.7 Å². The van der Waals surface area contributed by atoms with Gasteiger partial charge in [0.05, 0.1) is 30.0 Å². The molecule has 300 valence electrons. The van der Waals surface area contributed by atoms with Gasteiger partial charge in [0.2, 0.25) is 15.7 Å². The first kappa shape index (κ1) is 40.1. The predicted molar refractivity (Wildman–Crippen MR) is 215 cm³/mol. The molecule has 3 aromatic rings. The molecule has 3 atom stereocenters. The number of halogens is 1. The van der Waals surface area contributed by atoms with Gasteiger partial charge >= 0.3 is 5.97 Å². The number of likely N-dealkylation sites (tertiary alicyclic amines) is 2. The second-order valence-corrected chi connectivity index (χ2v) is 18.2. The van der Waals surface area contributed by atoms with Gasteiger partial charge < -0.3 is 29.5 Å². The number of rotatable bonds is 15. The number of carbonyl (C=O) groups excluding carboxylic acids is 2. The van der Waals surface area contributed by atoms with Gasteiger partial charge in [-0.1, -0.05) is 31.2 Å². The van der Waals surface area contributed by atoms with Gasteiger partial charge in [-0.25, -0.2) is 12.8 Å². The Labute approximate surface area is 330 Å². The van der Waals surface area contributed by atoms with E-state index in [4.69, 9.17) is 9.47 Å². The average molecular weight is 787 g/mol. The number of ether oxygens (including phenoxy) is 2. The molecule has 4 fully saturated rings. The van der Waals surface area contributed by atoms with E-state index in [2.05, 4.69) is 32.7 Å². The number of esters is 1. The predicted octanol–water partition coefficient (Wildman–Crippen LogP) is 6.32. The topological polar surface area (TPSA) is 108 Å². The zero-order chi connectivity index (χ0) is 39.5. The minimum Gasteiger partial charge on any atom is -0.469 e. The molecule has 0 aromatic heterocycles. The van der Waals surface area contributed by atoms with E-state index in [0.717, 1.165) is 88.7 Å². The summed E-state index contributed by atoms with van der Waals surface area (Å²) >= 11 is 0. The highest BCUT2D eigenvalue weighted by molar-refractivity contribution is 7.91. The number of methoxy groups -OCH3 is 2. The number of sulfone groups is 1. The van der Waals surface area contributed by atoms with Crippen LogP contribution in [-0.2, 0) is 34.3 Å². The quantitative estimate of drug-likeness (QED) is 0.140. The molecule has 12 heteroatoms. The summed E-state index contributed by atoms with van der Waals surface area (Å²) < 4.78 is 53.4. The van der Waals surface area contributed by atoms with Crippen molar-refractivity contribution in [1.29, 1.82) is 0 Å².